The Balaban J connectivity index is 2.84. The summed E-state index contributed by atoms with van der Waals surface area (Å²) in [4.78, 5) is 0. The molecule has 1 N–H and O–H groups in total. The first kappa shape index (κ1) is 15.2. The van der Waals surface area contributed by atoms with Crippen LogP contribution >= 0.6 is 0 Å². The monoisotopic (exact) mass is 254 g/mol. The van der Waals surface area contributed by atoms with E-state index >= 15 is 0 Å². The molecule has 1 unspecified atom stereocenters. The molecule has 0 fully saturated rings. The zero-order valence-corrected chi connectivity index (χ0v) is 12.2. The van der Waals surface area contributed by atoms with Gasteiger partial charge in [0, 0.05) is 25.8 Å². The minimum absolute atomic E-state index is 0.438. The van der Waals surface area contributed by atoms with Crippen LogP contribution in [0, 0.1) is 6.92 Å². The van der Waals surface area contributed by atoms with E-state index in [9.17, 15) is 5.11 Å². The van der Waals surface area contributed by atoms with E-state index in [0.717, 1.165) is 24.2 Å². The van der Waals surface area contributed by atoms with E-state index in [4.69, 9.17) is 4.74 Å². The first-order valence-electron chi connectivity index (χ1n) is 6.80. The van der Waals surface area contributed by atoms with Crippen LogP contribution in [0.15, 0.2) is 6.07 Å². The van der Waals surface area contributed by atoms with Crippen molar-refractivity contribution in [1.29, 1.82) is 0 Å². The summed E-state index contributed by atoms with van der Waals surface area (Å²) in [6, 6.07) is 2.02. The van der Waals surface area contributed by atoms with Gasteiger partial charge in [-0.05, 0) is 32.8 Å². The van der Waals surface area contributed by atoms with Gasteiger partial charge in [0.25, 0.3) is 0 Å². The molecule has 4 nitrogen and oxygen atoms in total. The maximum atomic E-state index is 10.5. The van der Waals surface area contributed by atoms with Crippen LogP contribution in [0.1, 0.15) is 45.0 Å². The summed E-state index contributed by atoms with van der Waals surface area (Å²) in [6.45, 7) is 8.70. The van der Waals surface area contributed by atoms with Crippen LogP contribution in [0.25, 0.3) is 0 Å². The number of aliphatic hydroxyl groups is 1. The van der Waals surface area contributed by atoms with Gasteiger partial charge in [-0.15, -0.1) is 0 Å². The fourth-order valence-corrected chi connectivity index (χ4v) is 2.55. The molecule has 0 amide bonds. The largest absolute Gasteiger partial charge is 0.390 e. The van der Waals surface area contributed by atoms with Crippen molar-refractivity contribution in [2.24, 2.45) is 7.05 Å². The van der Waals surface area contributed by atoms with Gasteiger partial charge < -0.3 is 9.84 Å². The van der Waals surface area contributed by atoms with E-state index in [1.54, 1.807) is 0 Å². The molecule has 0 saturated carbocycles. The summed E-state index contributed by atoms with van der Waals surface area (Å²) in [5.74, 6) is 0. The Kier molecular flexibility index (Phi) is 5.35. The molecule has 1 rings (SSSR count). The number of aromatic nitrogens is 2. The molecule has 18 heavy (non-hydrogen) atoms. The van der Waals surface area contributed by atoms with E-state index in [0.29, 0.717) is 13.0 Å². The highest BCUT2D eigenvalue weighted by molar-refractivity contribution is 5.11. The van der Waals surface area contributed by atoms with Crippen molar-refractivity contribution in [3.63, 3.8) is 0 Å². The molecule has 0 aliphatic rings. The number of hydrogen-bond donors (Lipinski definition) is 1. The molecule has 0 spiro atoms. The predicted octanol–water partition coefficient (Wildman–Crippen LogP) is 2.23. The number of aryl methyl sites for hydroxylation is 2. The fraction of sp³-hybridized carbons (Fsp3) is 0.786. The normalized spacial score (nSPS) is 13.9. The van der Waals surface area contributed by atoms with Crippen molar-refractivity contribution >= 4 is 0 Å². The molecule has 104 valence electrons. The van der Waals surface area contributed by atoms with Crippen LogP contribution in [-0.2, 0) is 18.2 Å². The number of nitrogens with zero attached hydrogens (tertiary/aromatic N) is 2. The van der Waals surface area contributed by atoms with Crippen molar-refractivity contribution in [1.82, 2.24) is 9.78 Å². The first-order valence-corrected chi connectivity index (χ1v) is 6.80. The van der Waals surface area contributed by atoms with Crippen LogP contribution in [0.3, 0.4) is 0 Å². The van der Waals surface area contributed by atoms with Crippen molar-refractivity contribution < 1.29 is 9.84 Å². The zero-order valence-electron chi connectivity index (χ0n) is 12.2. The van der Waals surface area contributed by atoms with E-state index in [1.807, 2.05) is 31.6 Å². The lowest BCUT2D eigenvalue weighted by Crippen LogP contribution is -2.45. The smallest absolute Gasteiger partial charge is 0.0938 e. The summed E-state index contributed by atoms with van der Waals surface area (Å²) in [7, 11) is 1.91. The van der Waals surface area contributed by atoms with Crippen molar-refractivity contribution in [3.05, 3.63) is 17.5 Å². The summed E-state index contributed by atoms with van der Waals surface area (Å²) in [5, 5.41) is 14.8. The van der Waals surface area contributed by atoms with Crippen LogP contribution in [-0.4, -0.2) is 33.2 Å². The average Bonchev–Trinajstić information content (AvgIpc) is 2.65. The molecule has 1 heterocycles. The summed E-state index contributed by atoms with van der Waals surface area (Å²) >= 11 is 0. The lowest BCUT2D eigenvalue weighted by Gasteiger charge is -2.36. The fourth-order valence-electron chi connectivity index (χ4n) is 2.55. The highest BCUT2D eigenvalue weighted by atomic mass is 16.5. The molecule has 0 aliphatic heterocycles. The lowest BCUT2D eigenvalue weighted by molar-refractivity contribution is -0.124. The Morgan fingerprint density at radius 2 is 2.00 bits per heavy atom. The van der Waals surface area contributed by atoms with Crippen molar-refractivity contribution in [3.8, 4) is 0 Å². The van der Waals surface area contributed by atoms with E-state index < -0.39 is 11.7 Å². The quantitative estimate of drug-likeness (QED) is 0.811. The van der Waals surface area contributed by atoms with Gasteiger partial charge in [-0.3, -0.25) is 4.68 Å². The third-order valence-electron chi connectivity index (χ3n) is 3.74. The van der Waals surface area contributed by atoms with Gasteiger partial charge in [0.1, 0.15) is 0 Å². The Bertz CT molecular complexity index is 370. The van der Waals surface area contributed by atoms with Gasteiger partial charge in [-0.2, -0.15) is 5.10 Å². The van der Waals surface area contributed by atoms with Crippen LogP contribution < -0.4 is 0 Å². The Morgan fingerprint density at radius 1 is 1.39 bits per heavy atom. The Labute approximate surface area is 110 Å². The molecule has 1 atom stereocenters. The number of hydrogen-bond acceptors (Lipinski definition) is 3. The second-order valence-electron chi connectivity index (χ2n) is 4.83. The summed E-state index contributed by atoms with van der Waals surface area (Å²) in [6.07, 6.45) is 1.71. The van der Waals surface area contributed by atoms with Gasteiger partial charge in [0.05, 0.1) is 17.4 Å². The molecule has 0 aromatic carbocycles. The minimum Gasteiger partial charge on any atom is -0.390 e. The molecule has 0 saturated heterocycles. The minimum atomic E-state index is -0.498. The van der Waals surface area contributed by atoms with Crippen LogP contribution in [0.2, 0.25) is 0 Å². The standard InChI is InChI=1S/C14H26N2O2/c1-6-14(7-2,18-8-3)13(17)10-12-9-11(4)15-16(12)5/h9,13,17H,6-8,10H2,1-5H3. The molecule has 1 aromatic heterocycles. The zero-order chi connectivity index (χ0) is 13.8. The van der Waals surface area contributed by atoms with Crippen molar-refractivity contribution in [2.45, 2.75) is 58.7 Å². The molecule has 0 bridgehead atoms. The van der Waals surface area contributed by atoms with Gasteiger partial charge in [-0.25, -0.2) is 0 Å². The number of rotatable bonds is 7. The van der Waals surface area contributed by atoms with Crippen molar-refractivity contribution in [2.75, 3.05) is 6.61 Å². The van der Waals surface area contributed by atoms with Gasteiger partial charge in [-0.1, -0.05) is 13.8 Å². The molecule has 0 radical (unpaired) electrons. The van der Waals surface area contributed by atoms with E-state index in [1.165, 1.54) is 0 Å². The Morgan fingerprint density at radius 3 is 2.39 bits per heavy atom. The third kappa shape index (κ3) is 3.12. The highest BCUT2D eigenvalue weighted by Gasteiger charge is 2.35. The second kappa shape index (κ2) is 6.34. The molecule has 4 heteroatoms. The van der Waals surface area contributed by atoms with Gasteiger partial charge >= 0.3 is 0 Å². The third-order valence-corrected chi connectivity index (χ3v) is 3.74. The SMILES string of the molecule is CCOC(CC)(CC)C(O)Cc1cc(C)nn1C. The average molecular weight is 254 g/mol. The Hall–Kier alpha value is -0.870. The number of aliphatic hydroxyl groups excluding tert-OH is 1. The molecule has 1 aromatic rings. The van der Waals surface area contributed by atoms with E-state index in [-0.39, 0.29) is 0 Å². The van der Waals surface area contributed by atoms with Crippen LogP contribution in [0.4, 0.5) is 0 Å². The molecule has 0 aliphatic carbocycles. The molecular formula is C14H26N2O2. The van der Waals surface area contributed by atoms with Gasteiger partial charge in [0.15, 0.2) is 0 Å². The maximum absolute atomic E-state index is 10.5. The van der Waals surface area contributed by atoms with Crippen LogP contribution in [0.5, 0.6) is 0 Å². The topological polar surface area (TPSA) is 47.3 Å². The first-order chi connectivity index (χ1) is 8.49. The lowest BCUT2D eigenvalue weighted by atomic mass is 9.87. The summed E-state index contributed by atoms with van der Waals surface area (Å²) in [5.41, 5.74) is 1.59. The predicted molar refractivity (Wildman–Crippen MR) is 72.6 cm³/mol. The second-order valence-corrected chi connectivity index (χ2v) is 4.83. The maximum Gasteiger partial charge on any atom is 0.0938 e. The van der Waals surface area contributed by atoms with E-state index in [2.05, 4.69) is 18.9 Å². The number of ether oxygens (including phenoxy) is 1. The van der Waals surface area contributed by atoms with Gasteiger partial charge in [0.2, 0.25) is 0 Å². The molecular weight excluding hydrogens is 228 g/mol. The highest BCUT2D eigenvalue weighted by Crippen LogP contribution is 2.27. The summed E-state index contributed by atoms with van der Waals surface area (Å²) < 4.78 is 7.66.